The van der Waals surface area contributed by atoms with Gasteiger partial charge in [0, 0.05) is 20.8 Å². The summed E-state index contributed by atoms with van der Waals surface area (Å²) in [7, 11) is 1.36. The molecule has 0 N–H and O–H groups in total. The van der Waals surface area contributed by atoms with Gasteiger partial charge in [-0.1, -0.05) is 13.0 Å². The first-order valence-corrected chi connectivity index (χ1v) is 10.4. The zero-order chi connectivity index (χ0) is 23.6. The molecule has 1 aliphatic rings. The molecule has 0 aromatic rings. The topological polar surface area (TPSA) is 114 Å². The number of esters is 4. The predicted molar refractivity (Wildman–Crippen MR) is 109 cm³/mol. The Morgan fingerprint density at radius 3 is 2.03 bits per heavy atom. The SMILES string of the molecule is C=CCC[C@@H](CC[C@H](C)C(=O)OC)C[C@H]1OC(OC(C)=O)[C@@H](OC(C)=O)C1OC(C)=O. The molecule has 176 valence electrons. The summed E-state index contributed by atoms with van der Waals surface area (Å²) >= 11 is 0. The van der Waals surface area contributed by atoms with Crippen molar-refractivity contribution in [3.8, 4) is 0 Å². The Bertz CT molecular complexity index is 645. The van der Waals surface area contributed by atoms with Crippen molar-refractivity contribution in [1.29, 1.82) is 0 Å². The fraction of sp³-hybridized carbons (Fsp3) is 0.727. The Kier molecular flexibility index (Phi) is 11.2. The molecule has 0 saturated carbocycles. The largest absolute Gasteiger partial charge is 0.469 e. The Hall–Kier alpha value is -2.42. The Morgan fingerprint density at radius 2 is 1.52 bits per heavy atom. The van der Waals surface area contributed by atoms with Gasteiger partial charge in [-0.15, -0.1) is 6.58 Å². The highest BCUT2D eigenvalue weighted by molar-refractivity contribution is 5.71. The van der Waals surface area contributed by atoms with E-state index < -0.39 is 42.5 Å². The van der Waals surface area contributed by atoms with E-state index >= 15 is 0 Å². The molecular formula is C22H34O9. The fourth-order valence-electron chi connectivity index (χ4n) is 3.66. The lowest BCUT2D eigenvalue weighted by molar-refractivity contribution is -0.195. The van der Waals surface area contributed by atoms with Gasteiger partial charge in [0.2, 0.25) is 12.4 Å². The van der Waals surface area contributed by atoms with E-state index in [-0.39, 0.29) is 17.8 Å². The van der Waals surface area contributed by atoms with E-state index in [4.69, 9.17) is 23.7 Å². The van der Waals surface area contributed by atoms with Gasteiger partial charge in [-0.05, 0) is 38.0 Å². The number of methoxy groups -OCH3 is 1. The molecule has 1 heterocycles. The summed E-state index contributed by atoms with van der Waals surface area (Å²) < 4.78 is 26.5. The number of carbonyl (C=O) groups excluding carboxylic acids is 4. The van der Waals surface area contributed by atoms with Gasteiger partial charge in [-0.2, -0.15) is 0 Å². The maximum absolute atomic E-state index is 11.7. The number of rotatable bonds is 12. The Balaban J connectivity index is 3.01. The molecular weight excluding hydrogens is 408 g/mol. The van der Waals surface area contributed by atoms with Crippen LogP contribution in [0.2, 0.25) is 0 Å². The van der Waals surface area contributed by atoms with E-state index in [1.165, 1.54) is 27.9 Å². The normalized spacial score (nSPS) is 24.5. The van der Waals surface area contributed by atoms with Crippen molar-refractivity contribution in [3.05, 3.63) is 12.7 Å². The molecule has 9 nitrogen and oxygen atoms in total. The van der Waals surface area contributed by atoms with Gasteiger partial charge in [0.15, 0.2) is 6.10 Å². The second-order valence-corrected chi connectivity index (χ2v) is 7.77. The Morgan fingerprint density at radius 1 is 0.935 bits per heavy atom. The number of ether oxygens (including phenoxy) is 5. The van der Waals surface area contributed by atoms with E-state index in [2.05, 4.69) is 6.58 Å². The highest BCUT2D eigenvalue weighted by Gasteiger charge is 2.51. The molecule has 0 aromatic heterocycles. The minimum atomic E-state index is -1.18. The van der Waals surface area contributed by atoms with E-state index in [0.29, 0.717) is 19.3 Å². The Labute approximate surface area is 183 Å². The van der Waals surface area contributed by atoms with E-state index in [9.17, 15) is 19.2 Å². The van der Waals surface area contributed by atoms with Gasteiger partial charge in [-0.3, -0.25) is 19.2 Å². The minimum Gasteiger partial charge on any atom is -0.469 e. The van der Waals surface area contributed by atoms with Crippen molar-refractivity contribution < 1.29 is 42.9 Å². The first-order valence-electron chi connectivity index (χ1n) is 10.4. The van der Waals surface area contributed by atoms with Crippen LogP contribution in [-0.4, -0.2) is 55.6 Å². The van der Waals surface area contributed by atoms with Crippen LogP contribution in [0.1, 0.15) is 59.8 Å². The van der Waals surface area contributed by atoms with E-state index in [0.717, 1.165) is 12.8 Å². The zero-order valence-electron chi connectivity index (χ0n) is 19.0. The van der Waals surface area contributed by atoms with Crippen LogP contribution in [0.4, 0.5) is 0 Å². The highest BCUT2D eigenvalue weighted by atomic mass is 16.7. The van der Waals surface area contributed by atoms with Crippen LogP contribution < -0.4 is 0 Å². The molecule has 31 heavy (non-hydrogen) atoms. The molecule has 1 aliphatic heterocycles. The summed E-state index contributed by atoms with van der Waals surface area (Å²) in [6, 6.07) is 0. The number of allylic oxidation sites excluding steroid dienone is 1. The smallest absolute Gasteiger partial charge is 0.308 e. The zero-order valence-corrected chi connectivity index (χ0v) is 19.0. The number of hydrogen-bond acceptors (Lipinski definition) is 9. The molecule has 1 fully saturated rings. The molecule has 0 aromatic carbocycles. The van der Waals surface area contributed by atoms with Crippen molar-refractivity contribution >= 4 is 23.9 Å². The molecule has 0 spiro atoms. The van der Waals surface area contributed by atoms with Crippen LogP contribution in [0, 0.1) is 11.8 Å². The van der Waals surface area contributed by atoms with Crippen LogP contribution in [0.15, 0.2) is 12.7 Å². The lowest BCUT2D eigenvalue weighted by Gasteiger charge is -2.25. The van der Waals surface area contributed by atoms with Gasteiger partial charge in [0.05, 0.1) is 13.0 Å². The molecule has 2 unspecified atom stereocenters. The summed E-state index contributed by atoms with van der Waals surface area (Å²) in [6.45, 7) is 9.23. The monoisotopic (exact) mass is 442 g/mol. The van der Waals surface area contributed by atoms with Crippen molar-refractivity contribution in [2.75, 3.05) is 7.11 Å². The standard InChI is InChI=1S/C22H34O9/c1-7-8-9-17(11-10-13(2)21(26)27-6)12-18-19(28-14(3)23)20(29-15(4)24)22(31-18)30-16(5)25/h7,13,17-20,22H,1,8-12H2,2-6H3/t13-,17-,18+,19?,20-,22?/m0/s1. The quantitative estimate of drug-likeness (QED) is 0.256. The van der Waals surface area contributed by atoms with Gasteiger partial charge in [0.1, 0.15) is 6.10 Å². The average molecular weight is 443 g/mol. The molecule has 0 radical (unpaired) electrons. The molecule has 1 saturated heterocycles. The summed E-state index contributed by atoms with van der Waals surface area (Å²) in [4.78, 5) is 46.5. The molecule has 0 aliphatic carbocycles. The van der Waals surface area contributed by atoms with Gasteiger partial charge in [0.25, 0.3) is 0 Å². The van der Waals surface area contributed by atoms with Crippen LogP contribution >= 0.6 is 0 Å². The molecule has 9 heteroatoms. The first kappa shape index (κ1) is 26.6. The van der Waals surface area contributed by atoms with Crippen molar-refractivity contribution in [1.82, 2.24) is 0 Å². The molecule has 0 amide bonds. The highest BCUT2D eigenvalue weighted by Crippen LogP contribution is 2.34. The number of hydrogen-bond donors (Lipinski definition) is 0. The van der Waals surface area contributed by atoms with Crippen LogP contribution in [0.25, 0.3) is 0 Å². The van der Waals surface area contributed by atoms with E-state index in [1.807, 2.05) is 0 Å². The molecule has 6 atom stereocenters. The van der Waals surface area contributed by atoms with Gasteiger partial charge < -0.3 is 23.7 Å². The second kappa shape index (κ2) is 13.1. The maximum atomic E-state index is 11.7. The lowest BCUT2D eigenvalue weighted by atomic mass is 9.87. The summed E-state index contributed by atoms with van der Waals surface area (Å²) in [5.74, 6) is -2.23. The fourth-order valence-corrected chi connectivity index (χ4v) is 3.66. The maximum Gasteiger partial charge on any atom is 0.308 e. The minimum absolute atomic E-state index is 0.0993. The lowest BCUT2D eigenvalue weighted by Crippen LogP contribution is -2.41. The number of carbonyl (C=O) groups is 4. The molecule has 1 rings (SSSR count). The van der Waals surface area contributed by atoms with Crippen molar-refractivity contribution in [2.45, 2.75) is 84.4 Å². The summed E-state index contributed by atoms with van der Waals surface area (Å²) in [5.41, 5.74) is 0. The predicted octanol–water partition coefficient (Wildman–Crippen LogP) is 2.70. The summed E-state index contributed by atoms with van der Waals surface area (Å²) in [5, 5.41) is 0. The van der Waals surface area contributed by atoms with Crippen LogP contribution in [0.5, 0.6) is 0 Å². The summed E-state index contributed by atoms with van der Waals surface area (Å²) in [6.07, 6.45) is 1.29. The third-order valence-corrected chi connectivity index (χ3v) is 5.11. The van der Waals surface area contributed by atoms with E-state index in [1.54, 1.807) is 13.0 Å². The first-order chi connectivity index (χ1) is 14.6. The average Bonchev–Trinajstić information content (AvgIpc) is 2.97. The van der Waals surface area contributed by atoms with Gasteiger partial charge >= 0.3 is 23.9 Å². The third kappa shape index (κ3) is 9.08. The van der Waals surface area contributed by atoms with Gasteiger partial charge in [-0.25, -0.2) is 0 Å². The van der Waals surface area contributed by atoms with Crippen molar-refractivity contribution in [2.24, 2.45) is 11.8 Å². The van der Waals surface area contributed by atoms with Crippen molar-refractivity contribution in [3.63, 3.8) is 0 Å². The third-order valence-electron chi connectivity index (χ3n) is 5.11. The molecule has 0 bridgehead atoms. The second-order valence-electron chi connectivity index (χ2n) is 7.77. The van der Waals surface area contributed by atoms with Crippen LogP contribution in [0.3, 0.4) is 0 Å². The van der Waals surface area contributed by atoms with Crippen LogP contribution in [-0.2, 0) is 42.9 Å².